The van der Waals surface area contributed by atoms with Gasteiger partial charge in [0.2, 0.25) is 29.5 Å². The molecule has 11 heteroatoms. The van der Waals surface area contributed by atoms with Crippen LogP contribution in [0.4, 0.5) is 0 Å². The van der Waals surface area contributed by atoms with Crippen LogP contribution in [0.3, 0.4) is 0 Å². The van der Waals surface area contributed by atoms with Crippen molar-refractivity contribution in [2.45, 2.75) is 97.4 Å². The summed E-state index contributed by atoms with van der Waals surface area (Å²) >= 11 is 0. The maximum Gasteiger partial charge on any atom is 0.243 e. The highest BCUT2D eigenvalue weighted by atomic mass is 16.2. The molecule has 0 aromatic heterocycles. The molecular formula is C37H56N6O5. The van der Waals surface area contributed by atoms with Gasteiger partial charge >= 0.3 is 0 Å². The smallest absolute Gasteiger partial charge is 0.243 e. The van der Waals surface area contributed by atoms with Gasteiger partial charge in [-0.05, 0) is 55.8 Å². The van der Waals surface area contributed by atoms with Gasteiger partial charge in [0, 0.05) is 12.8 Å². The van der Waals surface area contributed by atoms with Crippen molar-refractivity contribution in [1.82, 2.24) is 26.2 Å². The highest BCUT2D eigenvalue weighted by molar-refractivity contribution is 5.96. The molecule has 5 atom stereocenters. The lowest BCUT2D eigenvalue weighted by Crippen LogP contribution is -2.60. The molecule has 0 heterocycles. The van der Waals surface area contributed by atoms with Gasteiger partial charge in [0.1, 0.15) is 24.2 Å². The molecule has 48 heavy (non-hydrogen) atoms. The van der Waals surface area contributed by atoms with E-state index in [1.807, 2.05) is 107 Å². The monoisotopic (exact) mass is 664 g/mol. The molecule has 0 radical (unpaired) electrons. The number of rotatable bonds is 19. The van der Waals surface area contributed by atoms with Gasteiger partial charge in [-0.15, -0.1) is 0 Å². The van der Waals surface area contributed by atoms with E-state index in [0.717, 1.165) is 11.1 Å². The minimum absolute atomic E-state index is 0.100. The zero-order valence-electron chi connectivity index (χ0n) is 29.8. The lowest BCUT2D eigenvalue weighted by Gasteiger charge is -2.29. The molecule has 0 aliphatic heterocycles. The zero-order chi connectivity index (χ0) is 36.0. The Morgan fingerprint density at radius 3 is 1.40 bits per heavy atom. The number of carbonyl (C=O) groups excluding carboxylic acids is 5. The highest BCUT2D eigenvalue weighted by Gasteiger charge is 2.33. The van der Waals surface area contributed by atoms with E-state index in [1.165, 1.54) is 0 Å². The van der Waals surface area contributed by atoms with Crippen LogP contribution in [-0.4, -0.2) is 78.7 Å². The van der Waals surface area contributed by atoms with Crippen LogP contribution in [0.25, 0.3) is 0 Å². The summed E-state index contributed by atoms with van der Waals surface area (Å²) in [7, 11) is 3.66. The minimum Gasteiger partial charge on any atom is -0.368 e. The van der Waals surface area contributed by atoms with Crippen molar-refractivity contribution < 1.29 is 24.0 Å². The summed E-state index contributed by atoms with van der Waals surface area (Å²) < 4.78 is 0. The summed E-state index contributed by atoms with van der Waals surface area (Å²) in [6.45, 7) is 11.5. The fourth-order valence-electron chi connectivity index (χ4n) is 5.43. The molecule has 2 rings (SSSR count). The molecule has 0 bridgehead atoms. The molecule has 6 N–H and O–H groups in total. The van der Waals surface area contributed by atoms with Crippen LogP contribution in [0.5, 0.6) is 0 Å². The average molecular weight is 665 g/mol. The van der Waals surface area contributed by atoms with E-state index in [1.54, 1.807) is 13.8 Å². The molecule has 0 unspecified atom stereocenters. The second-order valence-corrected chi connectivity index (χ2v) is 13.9. The minimum atomic E-state index is -1.08. The number of amides is 5. The van der Waals surface area contributed by atoms with E-state index in [2.05, 4.69) is 21.3 Å². The van der Waals surface area contributed by atoms with Crippen LogP contribution < -0.4 is 27.0 Å². The Morgan fingerprint density at radius 2 is 1.00 bits per heavy atom. The normalized spacial score (nSPS) is 14.6. The van der Waals surface area contributed by atoms with Crippen molar-refractivity contribution in [3.05, 3.63) is 71.8 Å². The third-order valence-corrected chi connectivity index (χ3v) is 8.07. The zero-order valence-corrected chi connectivity index (χ0v) is 29.8. The number of nitrogens with one attached hydrogen (secondary N) is 4. The maximum absolute atomic E-state index is 14.0. The summed E-state index contributed by atoms with van der Waals surface area (Å²) in [5.41, 5.74) is 7.19. The third-order valence-electron chi connectivity index (χ3n) is 8.07. The van der Waals surface area contributed by atoms with Crippen LogP contribution >= 0.6 is 0 Å². The second-order valence-electron chi connectivity index (χ2n) is 13.9. The van der Waals surface area contributed by atoms with Crippen LogP contribution in [0.1, 0.15) is 65.5 Å². The first-order valence-electron chi connectivity index (χ1n) is 16.8. The first kappa shape index (κ1) is 39.9. The van der Waals surface area contributed by atoms with E-state index < -0.39 is 53.8 Å². The first-order valence-corrected chi connectivity index (χ1v) is 16.8. The van der Waals surface area contributed by atoms with Crippen molar-refractivity contribution in [1.29, 1.82) is 0 Å². The number of hydrogen-bond donors (Lipinski definition) is 5. The lowest BCUT2D eigenvalue weighted by atomic mass is 9.98. The highest BCUT2D eigenvalue weighted by Crippen LogP contribution is 2.13. The number of likely N-dealkylation sites (N-methyl/N-ethyl adjacent to an activating group) is 1. The van der Waals surface area contributed by atoms with Crippen LogP contribution in [0.15, 0.2) is 60.7 Å². The quantitative estimate of drug-likeness (QED) is 0.155. The van der Waals surface area contributed by atoms with Gasteiger partial charge in [0.25, 0.3) is 0 Å². The molecule has 0 aliphatic carbocycles. The van der Waals surface area contributed by atoms with Crippen molar-refractivity contribution in [2.75, 3.05) is 14.1 Å². The molecule has 264 valence electrons. The number of nitrogens with two attached hydrogens (primary N) is 1. The summed E-state index contributed by atoms with van der Waals surface area (Å²) in [5, 5.41) is 11.3. The van der Waals surface area contributed by atoms with Crippen LogP contribution in [0, 0.1) is 17.8 Å². The Kier molecular flexibility index (Phi) is 16.3. The molecule has 11 nitrogen and oxygen atoms in total. The number of benzene rings is 2. The first-order chi connectivity index (χ1) is 22.6. The van der Waals surface area contributed by atoms with Gasteiger partial charge in [-0.25, -0.2) is 0 Å². The number of primary amides is 1. The molecule has 0 aliphatic rings. The van der Waals surface area contributed by atoms with Crippen molar-refractivity contribution in [3.8, 4) is 0 Å². The van der Waals surface area contributed by atoms with E-state index in [9.17, 15) is 24.0 Å². The Hall–Kier alpha value is -4.25. The molecular weight excluding hydrogens is 608 g/mol. The van der Waals surface area contributed by atoms with Gasteiger partial charge in [0.05, 0.1) is 6.04 Å². The Labute approximate surface area is 286 Å². The van der Waals surface area contributed by atoms with E-state index in [0.29, 0.717) is 12.8 Å². The standard InChI is InChI=1S/C37H56N6O5/c1-23(2)19-28(33(38)44)39-37(48)32(25(5)6)42-35(46)30(22-27-17-13-10-14-18-27)40-34(45)29(21-26-15-11-9-12-16-26)41-36(47)31(43(7)8)20-24(3)4/h9-18,23-25,28-32H,19-22H2,1-8H3,(H2,38,44)(H,39,48)(H,40,45)(H,41,47)(H,42,46)/t28-,29-,30-,31-,32-/m1/s1. The number of carbonyl (C=O) groups is 5. The maximum atomic E-state index is 14.0. The summed E-state index contributed by atoms with van der Waals surface area (Å²) in [4.78, 5) is 68.8. The second kappa shape index (κ2) is 19.5. The molecule has 0 saturated carbocycles. The largest absolute Gasteiger partial charge is 0.368 e. The average Bonchev–Trinajstić information content (AvgIpc) is 3.01. The molecule has 0 saturated heterocycles. The van der Waals surface area contributed by atoms with E-state index >= 15 is 0 Å². The molecule has 2 aromatic carbocycles. The predicted molar refractivity (Wildman–Crippen MR) is 188 cm³/mol. The Morgan fingerprint density at radius 1 is 0.583 bits per heavy atom. The van der Waals surface area contributed by atoms with E-state index in [-0.39, 0.29) is 36.5 Å². The summed E-state index contributed by atoms with van der Waals surface area (Å²) in [6.07, 6.45) is 1.31. The molecule has 5 amide bonds. The van der Waals surface area contributed by atoms with Crippen molar-refractivity contribution in [2.24, 2.45) is 23.5 Å². The van der Waals surface area contributed by atoms with Crippen molar-refractivity contribution in [3.63, 3.8) is 0 Å². The summed E-state index contributed by atoms with van der Waals surface area (Å²) in [5.74, 6) is -2.57. The number of hydrogen-bond acceptors (Lipinski definition) is 6. The van der Waals surface area contributed by atoms with Gasteiger partial charge < -0.3 is 27.0 Å². The fourth-order valence-corrected chi connectivity index (χ4v) is 5.43. The van der Waals surface area contributed by atoms with Gasteiger partial charge in [-0.3, -0.25) is 28.9 Å². The Balaban J connectivity index is 2.39. The summed E-state index contributed by atoms with van der Waals surface area (Å²) in [6, 6.07) is 14.2. The Bertz CT molecular complexity index is 1330. The molecule has 0 fully saturated rings. The topological polar surface area (TPSA) is 163 Å². The van der Waals surface area contributed by atoms with Crippen molar-refractivity contribution >= 4 is 29.5 Å². The van der Waals surface area contributed by atoms with Gasteiger partial charge in [0.15, 0.2) is 0 Å². The number of nitrogens with zero attached hydrogens (tertiary/aromatic N) is 1. The predicted octanol–water partition coefficient (Wildman–Crippen LogP) is 2.57. The van der Waals surface area contributed by atoms with Crippen LogP contribution in [-0.2, 0) is 36.8 Å². The third kappa shape index (κ3) is 13.5. The fraction of sp³-hybridized carbons (Fsp3) is 0.541. The van der Waals surface area contributed by atoms with Gasteiger partial charge in [-0.2, -0.15) is 0 Å². The molecule has 0 spiro atoms. The lowest BCUT2D eigenvalue weighted by molar-refractivity contribution is -0.135. The van der Waals surface area contributed by atoms with Gasteiger partial charge in [-0.1, -0.05) is 102 Å². The molecule has 2 aromatic rings. The van der Waals surface area contributed by atoms with E-state index in [4.69, 9.17) is 5.73 Å². The van der Waals surface area contributed by atoms with Crippen LogP contribution in [0.2, 0.25) is 0 Å². The SMILES string of the molecule is CC(C)C[C@H](C(=O)N[C@H](Cc1ccccc1)C(=O)N[C@H](Cc1ccccc1)C(=O)N[C@@H](C(=O)N[C@H](CC(C)C)C(N)=O)C(C)C)N(C)C.